The zero-order chi connectivity index (χ0) is 22.1. The van der Waals surface area contributed by atoms with Crippen molar-refractivity contribution in [3.63, 3.8) is 0 Å². The number of hydrogen-bond donors (Lipinski definition) is 0. The van der Waals surface area contributed by atoms with Crippen molar-refractivity contribution in [1.29, 1.82) is 0 Å². The Kier molecular flexibility index (Phi) is 8.49. The smallest absolute Gasteiger partial charge is 0.0206 e. The summed E-state index contributed by atoms with van der Waals surface area (Å²) in [6.45, 7) is 14.1. The predicted octanol–water partition coefficient (Wildman–Crippen LogP) is 7.48. The van der Waals surface area contributed by atoms with Gasteiger partial charge in [-0.3, -0.25) is 0 Å². The molecule has 1 heteroatoms. The maximum Gasteiger partial charge on any atom is 0.0206 e. The Morgan fingerprint density at radius 2 is 1.77 bits per heavy atom. The van der Waals surface area contributed by atoms with E-state index in [1.807, 2.05) is 6.92 Å². The van der Waals surface area contributed by atoms with E-state index in [1.165, 1.54) is 48.1 Å². The summed E-state index contributed by atoms with van der Waals surface area (Å²) >= 11 is 0. The van der Waals surface area contributed by atoms with Gasteiger partial charge in [0.2, 0.25) is 0 Å². The van der Waals surface area contributed by atoms with Gasteiger partial charge in [-0.05, 0) is 63.1 Å². The summed E-state index contributed by atoms with van der Waals surface area (Å²) < 4.78 is 0. The van der Waals surface area contributed by atoms with Gasteiger partial charge in [-0.25, -0.2) is 0 Å². The van der Waals surface area contributed by atoms with E-state index in [-0.39, 0.29) is 5.41 Å². The van der Waals surface area contributed by atoms with E-state index in [0.717, 1.165) is 25.4 Å². The van der Waals surface area contributed by atoms with Crippen molar-refractivity contribution in [3.8, 4) is 0 Å². The van der Waals surface area contributed by atoms with Crippen LogP contribution in [0.2, 0.25) is 0 Å². The lowest BCUT2D eigenvalue weighted by Gasteiger charge is -2.32. The number of rotatable bonds is 10. The number of benzene rings is 2. The summed E-state index contributed by atoms with van der Waals surface area (Å²) in [5.74, 6) is 0.730. The van der Waals surface area contributed by atoms with Crippen molar-refractivity contribution in [2.45, 2.75) is 51.9 Å². The molecule has 0 aromatic heterocycles. The third-order valence-electron chi connectivity index (χ3n) is 6.90. The van der Waals surface area contributed by atoms with E-state index in [2.05, 4.69) is 104 Å². The van der Waals surface area contributed by atoms with Gasteiger partial charge in [0, 0.05) is 18.5 Å². The Morgan fingerprint density at radius 3 is 2.45 bits per heavy atom. The van der Waals surface area contributed by atoms with Crippen molar-refractivity contribution < 1.29 is 0 Å². The average Bonchev–Trinajstić information content (AvgIpc) is 3.23. The first-order valence-electron chi connectivity index (χ1n) is 11.9. The molecule has 1 fully saturated rings. The maximum atomic E-state index is 4.23. The molecule has 2 unspecified atom stereocenters. The quantitative estimate of drug-likeness (QED) is 0.365. The van der Waals surface area contributed by atoms with Crippen molar-refractivity contribution >= 4 is 0 Å². The Balaban J connectivity index is 1.70. The summed E-state index contributed by atoms with van der Waals surface area (Å²) in [5.41, 5.74) is 5.66. The van der Waals surface area contributed by atoms with Crippen molar-refractivity contribution in [3.05, 3.63) is 108 Å². The lowest BCUT2D eigenvalue weighted by molar-refractivity contribution is 0.242. The van der Waals surface area contributed by atoms with Crippen LogP contribution in [0.15, 0.2) is 91.1 Å². The molecule has 0 bridgehead atoms. The Morgan fingerprint density at radius 1 is 1.06 bits per heavy atom. The zero-order valence-electron chi connectivity index (χ0n) is 19.7. The molecule has 0 radical (unpaired) electrons. The molecule has 2 aromatic rings. The first-order valence-corrected chi connectivity index (χ1v) is 11.9. The molecule has 0 saturated heterocycles. The molecule has 0 amide bonds. The molecule has 0 N–H and O–H groups in total. The Bertz CT molecular complexity index is 874. The molecule has 1 aliphatic rings. The van der Waals surface area contributed by atoms with Gasteiger partial charge in [-0.1, -0.05) is 104 Å². The van der Waals surface area contributed by atoms with Crippen LogP contribution in [-0.2, 0) is 5.41 Å². The van der Waals surface area contributed by atoms with Gasteiger partial charge in [-0.15, -0.1) is 0 Å². The first-order chi connectivity index (χ1) is 15.1. The lowest BCUT2D eigenvalue weighted by atomic mass is 9.72. The second kappa shape index (κ2) is 11.3. The summed E-state index contributed by atoms with van der Waals surface area (Å²) in [6.07, 6.45) is 13.1. The van der Waals surface area contributed by atoms with Crippen LogP contribution in [0.1, 0.15) is 56.2 Å². The second-order valence-corrected chi connectivity index (χ2v) is 9.11. The highest BCUT2D eigenvalue weighted by Gasteiger charge is 2.42. The monoisotopic (exact) mass is 413 g/mol. The van der Waals surface area contributed by atoms with Crippen LogP contribution in [0.25, 0.3) is 0 Å². The third kappa shape index (κ3) is 6.08. The van der Waals surface area contributed by atoms with Crippen molar-refractivity contribution in [2.24, 2.45) is 5.92 Å². The van der Waals surface area contributed by atoms with E-state index in [0.29, 0.717) is 0 Å². The molecule has 0 spiro atoms. The van der Waals surface area contributed by atoms with Crippen LogP contribution in [0.3, 0.4) is 0 Å². The van der Waals surface area contributed by atoms with Gasteiger partial charge in [0.1, 0.15) is 0 Å². The van der Waals surface area contributed by atoms with Crippen molar-refractivity contribution in [2.75, 3.05) is 19.6 Å². The topological polar surface area (TPSA) is 3.24 Å². The van der Waals surface area contributed by atoms with Gasteiger partial charge >= 0.3 is 0 Å². The second-order valence-electron chi connectivity index (χ2n) is 9.11. The molecule has 2 atom stereocenters. The molecule has 0 aliphatic heterocycles. The van der Waals surface area contributed by atoms with Crippen LogP contribution in [0, 0.1) is 12.8 Å². The highest BCUT2D eigenvalue weighted by Crippen LogP contribution is 2.49. The van der Waals surface area contributed by atoms with E-state index >= 15 is 0 Å². The summed E-state index contributed by atoms with van der Waals surface area (Å²) in [5, 5.41) is 0. The fourth-order valence-electron chi connectivity index (χ4n) is 5.06. The largest absolute Gasteiger partial charge is 0.303 e. The standard InChI is InChI=1S/C30H39N/c1-5-7-9-12-25(3)20-22-31(6-2)24-27-19-21-30(23-27,28-13-10-8-11-14-28)29-17-15-26(4)16-18-29/h5,7-18,27H,3,6,19-24H2,1-2,4H3/b7-5-,12-9-. The number of allylic oxidation sites excluding steroid dienone is 4. The molecular formula is C30H39N. The molecule has 164 valence electrons. The lowest BCUT2D eigenvalue weighted by Crippen LogP contribution is -2.31. The average molecular weight is 414 g/mol. The highest BCUT2D eigenvalue weighted by molar-refractivity contribution is 5.41. The van der Waals surface area contributed by atoms with Crippen LogP contribution in [0.4, 0.5) is 0 Å². The van der Waals surface area contributed by atoms with Gasteiger partial charge in [0.15, 0.2) is 0 Å². The van der Waals surface area contributed by atoms with E-state index < -0.39 is 0 Å². The molecule has 1 saturated carbocycles. The van der Waals surface area contributed by atoms with E-state index in [4.69, 9.17) is 0 Å². The fourth-order valence-corrected chi connectivity index (χ4v) is 5.06. The van der Waals surface area contributed by atoms with Crippen molar-refractivity contribution in [1.82, 2.24) is 4.90 Å². The third-order valence-corrected chi connectivity index (χ3v) is 6.90. The normalized spacial score (nSPS) is 21.5. The van der Waals surface area contributed by atoms with Gasteiger partial charge in [-0.2, -0.15) is 0 Å². The SMILES string of the molecule is C=C(/C=C\C=C/C)CCN(CC)CC1CCC(c2ccccc2)(c2ccc(C)cc2)C1. The zero-order valence-corrected chi connectivity index (χ0v) is 19.7. The number of hydrogen-bond acceptors (Lipinski definition) is 1. The van der Waals surface area contributed by atoms with Gasteiger partial charge in [0.25, 0.3) is 0 Å². The molecule has 1 aliphatic carbocycles. The first kappa shape index (κ1) is 23.3. The minimum absolute atomic E-state index is 0.151. The molecule has 1 nitrogen and oxygen atoms in total. The molecule has 0 heterocycles. The van der Waals surface area contributed by atoms with Crippen LogP contribution in [0.5, 0.6) is 0 Å². The molecule has 31 heavy (non-hydrogen) atoms. The van der Waals surface area contributed by atoms with Gasteiger partial charge in [0.05, 0.1) is 0 Å². The summed E-state index contributed by atoms with van der Waals surface area (Å²) in [7, 11) is 0. The number of aryl methyl sites for hydroxylation is 1. The minimum Gasteiger partial charge on any atom is -0.303 e. The van der Waals surface area contributed by atoms with Crippen LogP contribution < -0.4 is 0 Å². The van der Waals surface area contributed by atoms with E-state index in [9.17, 15) is 0 Å². The fraction of sp³-hybridized carbons (Fsp3) is 0.400. The number of nitrogens with zero attached hydrogens (tertiary/aromatic N) is 1. The molecule has 2 aromatic carbocycles. The minimum atomic E-state index is 0.151. The Labute approximate surface area is 190 Å². The predicted molar refractivity (Wildman–Crippen MR) is 136 cm³/mol. The highest BCUT2D eigenvalue weighted by atomic mass is 15.1. The van der Waals surface area contributed by atoms with Crippen LogP contribution >= 0.6 is 0 Å². The van der Waals surface area contributed by atoms with E-state index in [1.54, 1.807) is 0 Å². The van der Waals surface area contributed by atoms with Crippen LogP contribution in [-0.4, -0.2) is 24.5 Å². The molecular weight excluding hydrogens is 374 g/mol. The maximum absolute atomic E-state index is 4.23. The summed E-state index contributed by atoms with van der Waals surface area (Å²) in [4.78, 5) is 2.62. The van der Waals surface area contributed by atoms with Gasteiger partial charge < -0.3 is 4.90 Å². The molecule has 3 rings (SSSR count). The Hall–Kier alpha value is -2.38. The summed E-state index contributed by atoms with van der Waals surface area (Å²) in [6, 6.07) is 20.5.